The number of carbonyl (C=O) groups is 2. The van der Waals surface area contributed by atoms with Crippen molar-refractivity contribution >= 4 is 33.4 Å². The fourth-order valence-electron chi connectivity index (χ4n) is 3.35. The van der Waals surface area contributed by atoms with E-state index in [1.165, 1.54) is 11.3 Å². The summed E-state index contributed by atoms with van der Waals surface area (Å²) in [5, 5.41) is 4.39. The number of carbonyl (C=O) groups excluding carboxylic acids is 2. The molecule has 8 heteroatoms. The zero-order chi connectivity index (χ0) is 21.3. The summed E-state index contributed by atoms with van der Waals surface area (Å²) < 4.78 is 9.66. The smallest absolute Gasteiger partial charge is 0.326 e. The SMILES string of the molecule is CCOC(=O)Cn1c(=NC(=O)c2cc(C)n(C(C)C)n2)sc2c(C)cc(C)cc21. The van der Waals surface area contributed by atoms with Crippen LogP contribution in [0.2, 0.25) is 0 Å². The van der Waals surface area contributed by atoms with Gasteiger partial charge in [-0.3, -0.25) is 14.3 Å². The highest BCUT2D eigenvalue weighted by atomic mass is 32.1. The average molecular weight is 415 g/mol. The van der Waals surface area contributed by atoms with E-state index < -0.39 is 5.91 Å². The molecule has 0 atom stereocenters. The molecule has 0 bridgehead atoms. The molecule has 0 fully saturated rings. The van der Waals surface area contributed by atoms with Crippen molar-refractivity contribution in [3.63, 3.8) is 0 Å². The summed E-state index contributed by atoms with van der Waals surface area (Å²) in [6, 6.07) is 5.97. The van der Waals surface area contributed by atoms with E-state index in [9.17, 15) is 9.59 Å². The number of amides is 1. The first kappa shape index (κ1) is 21.0. The van der Waals surface area contributed by atoms with E-state index in [2.05, 4.69) is 16.2 Å². The molecular weight excluding hydrogens is 388 g/mol. The molecule has 0 aliphatic carbocycles. The Balaban J connectivity index is 2.14. The number of thiazole rings is 1. The van der Waals surface area contributed by atoms with Gasteiger partial charge in [-0.15, -0.1) is 0 Å². The van der Waals surface area contributed by atoms with Gasteiger partial charge in [0.1, 0.15) is 6.54 Å². The van der Waals surface area contributed by atoms with Crippen molar-refractivity contribution in [3.05, 3.63) is 45.5 Å². The van der Waals surface area contributed by atoms with E-state index in [1.54, 1.807) is 22.2 Å². The third-order valence-electron chi connectivity index (χ3n) is 4.53. The Kier molecular flexibility index (Phi) is 6.02. The molecule has 0 saturated heterocycles. The van der Waals surface area contributed by atoms with Crippen molar-refractivity contribution in [2.24, 2.45) is 4.99 Å². The van der Waals surface area contributed by atoms with Gasteiger partial charge < -0.3 is 9.30 Å². The Bertz CT molecular complexity index is 1150. The van der Waals surface area contributed by atoms with Crippen molar-refractivity contribution in [3.8, 4) is 0 Å². The van der Waals surface area contributed by atoms with Crippen LogP contribution >= 0.6 is 11.3 Å². The molecule has 3 rings (SSSR count). The van der Waals surface area contributed by atoms with Crippen LogP contribution in [0.3, 0.4) is 0 Å². The third-order valence-corrected chi connectivity index (χ3v) is 5.76. The zero-order valence-corrected chi connectivity index (χ0v) is 18.5. The maximum absolute atomic E-state index is 12.8. The average Bonchev–Trinajstić information content (AvgIpc) is 3.17. The van der Waals surface area contributed by atoms with Crippen LogP contribution in [0.5, 0.6) is 0 Å². The molecule has 0 unspecified atom stereocenters. The summed E-state index contributed by atoms with van der Waals surface area (Å²) in [6.45, 7) is 12.0. The van der Waals surface area contributed by atoms with Crippen LogP contribution in [0.25, 0.3) is 10.2 Å². The van der Waals surface area contributed by atoms with Crippen LogP contribution in [0.4, 0.5) is 0 Å². The predicted octanol–water partition coefficient (Wildman–Crippen LogP) is 3.71. The predicted molar refractivity (Wildman–Crippen MR) is 113 cm³/mol. The first-order chi connectivity index (χ1) is 13.7. The van der Waals surface area contributed by atoms with Gasteiger partial charge in [-0.25, -0.2) is 0 Å². The molecular formula is C21H26N4O3S. The highest BCUT2D eigenvalue weighted by Gasteiger charge is 2.17. The Morgan fingerprint density at radius 2 is 1.93 bits per heavy atom. The quantitative estimate of drug-likeness (QED) is 0.596. The van der Waals surface area contributed by atoms with Gasteiger partial charge in [0.15, 0.2) is 10.5 Å². The molecule has 0 saturated carbocycles. The Labute approximate surface area is 173 Å². The summed E-state index contributed by atoms with van der Waals surface area (Å²) >= 11 is 1.39. The highest BCUT2D eigenvalue weighted by molar-refractivity contribution is 7.16. The number of ether oxygens (including phenoxy) is 1. The lowest BCUT2D eigenvalue weighted by Gasteiger charge is -2.06. The van der Waals surface area contributed by atoms with Crippen LogP contribution in [-0.2, 0) is 16.1 Å². The fraction of sp³-hybridized carbons (Fsp3) is 0.429. The summed E-state index contributed by atoms with van der Waals surface area (Å²) in [5.41, 5.74) is 4.23. The molecule has 0 aliphatic rings. The van der Waals surface area contributed by atoms with E-state index in [1.807, 2.05) is 40.7 Å². The molecule has 0 aliphatic heterocycles. The third kappa shape index (κ3) is 4.32. The van der Waals surface area contributed by atoms with Gasteiger partial charge in [-0.2, -0.15) is 10.1 Å². The van der Waals surface area contributed by atoms with Gasteiger partial charge in [0.2, 0.25) is 0 Å². The van der Waals surface area contributed by atoms with E-state index >= 15 is 0 Å². The molecule has 1 aromatic carbocycles. The van der Waals surface area contributed by atoms with E-state index in [0.29, 0.717) is 17.1 Å². The first-order valence-corrected chi connectivity index (χ1v) is 10.4. The zero-order valence-electron chi connectivity index (χ0n) is 17.6. The number of rotatable bonds is 5. The van der Waals surface area contributed by atoms with Crippen LogP contribution in [0, 0.1) is 20.8 Å². The fourth-order valence-corrected chi connectivity index (χ4v) is 4.42. The highest BCUT2D eigenvalue weighted by Crippen LogP contribution is 2.23. The lowest BCUT2D eigenvalue weighted by atomic mass is 10.1. The van der Waals surface area contributed by atoms with Gasteiger partial charge in [0.05, 0.1) is 16.8 Å². The summed E-state index contributed by atoms with van der Waals surface area (Å²) in [5.74, 6) is -0.786. The molecule has 29 heavy (non-hydrogen) atoms. The number of aryl methyl sites for hydroxylation is 3. The molecule has 0 N–H and O–H groups in total. The van der Waals surface area contributed by atoms with Gasteiger partial charge >= 0.3 is 5.97 Å². The number of benzene rings is 1. The normalized spacial score (nSPS) is 12.2. The van der Waals surface area contributed by atoms with Gasteiger partial charge in [-0.05, 0) is 64.8 Å². The molecule has 3 aromatic rings. The Morgan fingerprint density at radius 3 is 2.55 bits per heavy atom. The lowest BCUT2D eigenvalue weighted by Crippen LogP contribution is -2.23. The standard InChI is InChI=1S/C21H26N4O3S/c1-7-28-18(26)11-24-17-9-13(4)8-14(5)19(17)29-21(24)22-20(27)16-10-15(6)25(23-16)12(2)3/h8-10,12H,7,11H2,1-6H3. The topological polar surface area (TPSA) is 78.5 Å². The van der Waals surface area contributed by atoms with Crippen molar-refractivity contribution in [1.29, 1.82) is 0 Å². The number of nitrogens with zero attached hydrogens (tertiary/aromatic N) is 4. The summed E-state index contributed by atoms with van der Waals surface area (Å²) in [6.07, 6.45) is 0. The minimum atomic E-state index is -0.425. The largest absolute Gasteiger partial charge is 0.465 e. The van der Waals surface area contributed by atoms with E-state index in [0.717, 1.165) is 27.0 Å². The van der Waals surface area contributed by atoms with Gasteiger partial charge in [0.25, 0.3) is 5.91 Å². The van der Waals surface area contributed by atoms with Crippen molar-refractivity contribution in [2.45, 2.75) is 54.1 Å². The summed E-state index contributed by atoms with van der Waals surface area (Å²) in [4.78, 5) is 29.8. The van der Waals surface area contributed by atoms with Crippen LogP contribution in [0.1, 0.15) is 54.1 Å². The Morgan fingerprint density at radius 1 is 1.21 bits per heavy atom. The minimum Gasteiger partial charge on any atom is -0.465 e. The first-order valence-electron chi connectivity index (χ1n) is 9.62. The monoisotopic (exact) mass is 414 g/mol. The molecule has 2 heterocycles. The molecule has 154 valence electrons. The molecule has 7 nitrogen and oxygen atoms in total. The number of hydrogen-bond acceptors (Lipinski definition) is 5. The Hall–Kier alpha value is -2.74. The van der Waals surface area contributed by atoms with Crippen LogP contribution in [0.15, 0.2) is 23.2 Å². The second-order valence-electron chi connectivity index (χ2n) is 7.33. The maximum Gasteiger partial charge on any atom is 0.326 e. The molecule has 1 amide bonds. The summed E-state index contributed by atoms with van der Waals surface area (Å²) in [7, 11) is 0. The number of esters is 1. The lowest BCUT2D eigenvalue weighted by molar-refractivity contribution is -0.143. The number of fused-ring (bicyclic) bond motifs is 1. The minimum absolute atomic E-state index is 0.00229. The second-order valence-corrected chi connectivity index (χ2v) is 8.31. The molecule has 2 aromatic heterocycles. The van der Waals surface area contributed by atoms with Crippen molar-refractivity contribution < 1.29 is 14.3 Å². The van der Waals surface area contributed by atoms with Gasteiger partial charge in [0, 0.05) is 11.7 Å². The van der Waals surface area contributed by atoms with Crippen molar-refractivity contribution in [2.75, 3.05) is 6.61 Å². The number of hydrogen-bond donors (Lipinski definition) is 0. The van der Waals surface area contributed by atoms with E-state index in [4.69, 9.17) is 4.74 Å². The maximum atomic E-state index is 12.8. The molecule has 0 spiro atoms. The van der Waals surface area contributed by atoms with Crippen molar-refractivity contribution in [1.82, 2.24) is 14.3 Å². The second kappa shape index (κ2) is 8.32. The van der Waals surface area contributed by atoms with Gasteiger partial charge in [-0.1, -0.05) is 17.4 Å². The van der Waals surface area contributed by atoms with Crippen LogP contribution in [-0.4, -0.2) is 32.8 Å². The van der Waals surface area contributed by atoms with E-state index in [-0.39, 0.29) is 18.6 Å². The number of aromatic nitrogens is 3. The molecule has 0 radical (unpaired) electrons. The van der Waals surface area contributed by atoms with Crippen LogP contribution < -0.4 is 4.80 Å².